The van der Waals surface area contributed by atoms with E-state index in [1.54, 1.807) is 19.2 Å². The molecule has 1 aliphatic heterocycles. The summed E-state index contributed by atoms with van der Waals surface area (Å²) in [6.45, 7) is 2.32. The number of nitrogens with one attached hydrogen (secondary N) is 2. The fourth-order valence-corrected chi connectivity index (χ4v) is 6.35. The third kappa shape index (κ3) is 8.04. The molecule has 1 saturated heterocycles. The summed E-state index contributed by atoms with van der Waals surface area (Å²) < 4.78 is 25.9. The van der Waals surface area contributed by atoms with E-state index in [2.05, 4.69) is 10.6 Å². The summed E-state index contributed by atoms with van der Waals surface area (Å²) in [5, 5.41) is 18.7. The SMILES string of the molecule is CNC[C@H](CC1CCCCC1)NC(=O)N1CCC[C@@H]([C@@](O)(CCCCOC)c2c(F)cccc2OC)C1. The molecule has 1 aromatic rings. The number of unbranched alkanes of at least 4 members (excludes halogenated alkanes) is 1. The minimum atomic E-state index is -1.45. The number of benzene rings is 1. The molecule has 37 heavy (non-hydrogen) atoms. The number of urea groups is 1. The molecule has 210 valence electrons. The van der Waals surface area contributed by atoms with Crippen molar-refractivity contribution in [1.82, 2.24) is 15.5 Å². The number of halogens is 1. The Hall–Kier alpha value is -1.90. The smallest absolute Gasteiger partial charge is 0.317 e. The van der Waals surface area contributed by atoms with E-state index in [0.717, 1.165) is 25.8 Å². The number of nitrogens with zero attached hydrogens (tertiary/aromatic N) is 1. The Labute approximate surface area is 222 Å². The predicted octanol–water partition coefficient (Wildman–Crippen LogP) is 4.82. The first kappa shape index (κ1) is 29.7. The van der Waals surface area contributed by atoms with Gasteiger partial charge in [-0.15, -0.1) is 0 Å². The summed E-state index contributed by atoms with van der Waals surface area (Å²) in [6.07, 6.45) is 10.6. The van der Waals surface area contributed by atoms with E-state index in [-0.39, 0.29) is 23.6 Å². The lowest BCUT2D eigenvalue weighted by Gasteiger charge is -2.43. The van der Waals surface area contributed by atoms with Crippen LogP contribution in [0.2, 0.25) is 0 Å². The molecule has 3 N–H and O–H groups in total. The van der Waals surface area contributed by atoms with Gasteiger partial charge >= 0.3 is 6.03 Å². The van der Waals surface area contributed by atoms with Crippen LogP contribution in [0.4, 0.5) is 9.18 Å². The highest BCUT2D eigenvalue weighted by Gasteiger charge is 2.44. The van der Waals surface area contributed by atoms with Crippen molar-refractivity contribution in [2.24, 2.45) is 11.8 Å². The predicted molar refractivity (Wildman–Crippen MR) is 144 cm³/mol. The van der Waals surface area contributed by atoms with Crippen LogP contribution in [0.5, 0.6) is 5.75 Å². The van der Waals surface area contributed by atoms with Crippen molar-refractivity contribution in [3.8, 4) is 5.75 Å². The molecule has 2 aliphatic rings. The lowest BCUT2D eigenvalue weighted by molar-refractivity contribution is -0.0602. The number of hydrogen-bond acceptors (Lipinski definition) is 5. The summed E-state index contributed by atoms with van der Waals surface area (Å²) in [6, 6.07) is 4.64. The zero-order chi connectivity index (χ0) is 26.7. The first-order valence-corrected chi connectivity index (χ1v) is 14.2. The minimum absolute atomic E-state index is 0.0700. The maximum atomic E-state index is 15.2. The van der Waals surface area contributed by atoms with Gasteiger partial charge in [-0.2, -0.15) is 0 Å². The van der Waals surface area contributed by atoms with Crippen LogP contribution in [0.15, 0.2) is 18.2 Å². The Morgan fingerprint density at radius 2 is 1.97 bits per heavy atom. The lowest BCUT2D eigenvalue weighted by atomic mass is 9.73. The number of likely N-dealkylation sites (tertiary alicyclic amines) is 1. The van der Waals surface area contributed by atoms with E-state index in [4.69, 9.17) is 9.47 Å². The Morgan fingerprint density at radius 1 is 1.19 bits per heavy atom. The topological polar surface area (TPSA) is 83.1 Å². The summed E-state index contributed by atoms with van der Waals surface area (Å²) in [5.41, 5.74) is -1.25. The molecule has 1 aromatic carbocycles. The van der Waals surface area contributed by atoms with Crippen LogP contribution in [0.1, 0.15) is 76.2 Å². The number of ether oxygens (including phenoxy) is 2. The molecule has 3 atom stereocenters. The van der Waals surface area contributed by atoms with Gasteiger partial charge in [0, 0.05) is 45.3 Å². The van der Waals surface area contributed by atoms with Gasteiger partial charge in [-0.25, -0.2) is 9.18 Å². The molecule has 0 aromatic heterocycles. The third-order valence-electron chi connectivity index (χ3n) is 8.29. The number of piperidine rings is 1. The second-order valence-electron chi connectivity index (χ2n) is 10.9. The van der Waals surface area contributed by atoms with Gasteiger partial charge in [0.15, 0.2) is 0 Å². The van der Waals surface area contributed by atoms with Crippen LogP contribution in [0.25, 0.3) is 0 Å². The molecule has 0 unspecified atom stereocenters. The second-order valence-corrected chi connectivity index (χ2v) is 10.9. The fraction of sp³-hybridized carbons (Fsp3) is 0.759. The molecule has 3 rings (SSSR count). The van der Waals surface area contributed by atoms with Crippen molar-refractivity contribution in [2.45, 2.75) is 82.3 Å². The minimum Gasteiger partial charge on any atom is -0.496 e. The van der Waals surface area contributed by atoms with E-state index in [1.807, 2.05) is 11.9 Å². The maximum Gasteiger partial charge on any atom is 0.317 e. The molecule has 2 amide bonds. The maximum absolute atomic E-state index is 15.2. The van der Waals surface area contributed by atoms with E-state index < -0.39 is 11.4 Å². The zero-order valence-electron chi connectivity index (χ0n) is 23.1. The monoisotopic (exact) mass is 521 g/mol. The third-order valence-corrected chi connectivity index (χ3v) is 8.29. The highest BCUT2D eigenvalue weighted by molar-refractivity contribution is 5.74. The van der Waals surface area contributed by atoms with Crippen molar-refractivity contribution in [3.05, 3.63) is 29.6 Å². The summed E-state index contributed by atoms with van der Waals surface area (Å²) in [7, 11) is 5.07. The van der Waals surface area contributed by atoms with Crippen molar-refractivity contribution in [3.63, 3.8) is 0 Å². The van der Waals surface area contributed by atoms with Crippen molar-refractivity contribution >= 4 is 6.03 Å². The molecule has 0 spiro atoms. The van der Waals surface area contributed by atoms with Crippen molar-refractivity contribution in [2.75, 3.05) is 47.5 Å². The van der Waals surface area contributed by atoms with Gasteiger partial charge in [0.1, 0.15) is 17.2 Å². The largest absolute Gasteiger partial charge is 0.496 e. The summed E-state index contributed by atoms with van der Waals surface area (Å²) in [4.78, 5) is 15.2. The number of methoxy groups -OCH3 is 2. The molecule has 7 nitrogen and oxygen atoms in total. The number of carbonyl (C=O) groups is 1. The van der Waals surface area contributed by atoms with Crippen molar-refractivity contribution in [1.29, 1.82) is 0 Å². The number of aliphatic hydroxyl groups is 1. The second kappa shape index (κ2) is 14.9. The average Bonchev–Trinajstić information content (AvgIpc) is 2.91. The average molecular weight is 522 g/mol. The normalized spacial score (nSPS) is 21.3. The van der Waals surface area contributed by atoms with Gasteiger partial charge in [-0.3, -0.25) is 0 Å². The Balaban J connectivity index is 1.75. The quantitative estimate of drug-likeness (QED) is 0.324. The molecule has 8 heteroatoms. The summed E-state index contributed by atoms with van der Waals surface area (Å²) in [5.74, 6) is 0.225. The number of hydrogen-bond donors (Lipinski definition) is 3. The van der Waals surface area contributed by atoms with Gasteiger partial charge in [0.25, 0.3) is 0 Å². The van der Waals surface area contributed by atoms with E-state index in [0.29, 0.717) is 50.6 Å². The van der Waals surface area contributed by atoms with E-state index >= 15 is 4.39 Å². The molecule has 0 radical (unpaired) electrons. The standard InChI is InChI=1S/C29H48FN3O4/c1-31-20-24(19-22-11-5-4-6-12-22)32-28(34)33-17-10-13-23(21-33)29(35,16-7-8-18-36-2)27-25(30)14-9-15-26(27)37-3/h9,14-15,22-24,31,35H,4-8,10-13,16-21H2,1-3H3,(H,32,34)/t23-,24+,29+/m1/s1. The Kier molecular flexibility index (Phi) is 11.9. The highest BCUT2D eigenvalue weighted by Crippen LogP contribution is 2.44. The van der Waals surface area contributed by atoms with Gasteiger partial charge in [-0.05, 0) is 63.6 Å². The zero-order valence-corrected chi connectivity index (χ0v) is 23.1. The number of likely N-dealkylation sites (N-methyl/N-ethyl adjacent to an activating group) is 1. The van der Waals surface area contributed by atoms with Gasteiger partial charge in [0.05, 0.1) is 12.7 Å². The van der Waals surface area contributed by atoms with Crippen LogP contribution in [-0.4, -0.2) is 69.6 Å². The molecule has 1 saturated carbocycles. The molecular formula is C29H48FN3O4. The molecule has 1 heterocycles. The van der Waals surface area contributed by atoms with Crippen LogP contribution >= 0.6 is 0 Å². The molecular weight excluding hydrogens is 473 g/mol. The van der Waals surface area contributed by atoms with Crippen LogP contribution in [0.3, 0.4) is 0 Å². The lowest BCUT2D eigenvalue weighted by Crippen LogP contribution is -2.54. The highest BCUT2D eigenvalue weighted by atomic mass is 19.1. The van der Waals surface area contributed by atoms with E-state index in [9.17, 15) is 9.90 Å². The fourth-order valence-electron chi connectivity index (χ4n) is 6.35. The first-order valence-electron chi connectivity index (χ1n) is 14.2. The molecule has 0 bridgehead atoms. The molecule has 1 aliphatic carbocycles. The Bertz CT molecular complexity index is 835. The summed E-state index contributed by atoms with van der Waals surface area (Å²) >= 11 is 0. The van der Waals surface area contributed by atoms with Gasteiger partial charge < -0.3 is 30.1 Å². The molecule has 2 fully saturated rings. The number of rotatable bonds is 13. The first-order chi connectivity index (χ1) is 17.9. The van der Waals surface area contributed by atoms with Crippen LogP contribution in [-0.2, 0) is 10.3 Å². The van der Waals surface area contributed by atoms with Gasteiger partial charge in [0.2, 0.25) is 0 Å². The number of amides is 2. The van der Waals surface area contributed by atoms with Crippen LogP contribution in [0, 0.1) is 17.7 Å². The number of carbonyl (C=O) groups excluding carboxylic acids is 1. The Morgan fingerprint density at radius 3 is 2.68 bits per heavy atom. The van der Waals surface area contributed by atoms with Crippen molar-refractivity contribution < 1.29 is 23.8 Å². The van der Waals surface area contributed by atoms with E-state index in [1.165, 1.54) is 45.3 Å². The van der Waals surface area contributed by atoms with Gasteiger partial charge in [-0.1, -0.05) is 38.2 Å². The van der Waals surface area contributed by atoms with Crippen LogP contribution < -0.4 is 15.4 Å².